The minimum atomic E-state index is -0.476. The Morgan fingerprint density at radius 2 is 1.66 bits per heavy atom. The Bertz CT molecular complexity index is 1400. The quantitative estimate of drug-likeness (QED) is 0.294. The maximum Gasteiger partial charge on any atom is 0.218 e. The van der Waals surface area contributed by atoms with Crippen LogP contribution in [0.15, 0.2) is 67.0 Å². The van der Waals surface area contributed by atoms with Crippen molar-refractivity contribution in [3.8, 4) is 28.0 Å². The summed E-state index contributed by atoms with van der Waals surface area (Å²) in [5.74, 6) is -0.519. The number of anilines is 2. The fourth-order valence-electron chi connectivity index (χ4n) is 5.19. The van der Waals surface area contributed by atoms with Gasteiger partial charge in [-0.1, -0.05) is 29.8 Å². The number of carbonyl (C=O) groups excluding carboxylic acids is 1. The molecule has 0 spiro atoms. The number of hydrogen-bond acceptors (Lipinski definition) is 6. The molecule has 0 saturated carbocycles. The van der Waals surface area contributed by atoms with E-state index < -0.39 is 5.82 Å². The number of rotatable bonds is 10. The number of phenols is 1. The Labute approximate surface area is 247 Å². The van der Waals surface area contributed by atoms with Gasteiger partial charge in [-0.2, -0.15) is 0 Å². The third-order valence-corrected chi connectivity index (χ3v) is 7.71. The Hall–Kier alpha value is -3.59. The fraction of sp³-hybridized carbons (Fsp3) is 0.344. The number of carbonyl (C=O) groups is 1. The standard InChI is InChI=1S/C32H38ClFN4O3/c1-32(2,21-41-5)38-15-13-36(14-16-38)26-8-6-7-23(17-26)27-19-25(34)20-28(31(27)40)24-9-10-30(29(33)18-24)37(22-39)12-11-35(3)4/h6-12,17-20,22,40H,13-16,21H2,1-5H3/b12-11-. The second kappa shape index (κ2) is 12.9. The number of hydrogen-bond donors (Lipinski definition) is 1. The molecule has 1 heterocycles. The normalized spacial score (nSPS) is 14.5. The van der Waals surface area contributed by atoms with Crippen LogP contribution in [0.1, 0.15) is 13.8 Å². The molecule has 218 valence electrons. The lowest BCUT2D eigenvalue weighted by atomic mass is 9.96. The van der Waals surface area contributed by atoms with Crippen LogP contribution < -0.4 is 9.80 Å². The van der Waals surface area contributed by atoms with E-state index in [0.29, 0.717) is 41.0 Å². The highest BCUT2D eigenvalue weighted by Gasteiger charge is 2.30. The van der Waals surface area contributed by atoms with Gasteiger partial charge in [-0.15, -0.1) is 0 Å². The zero-order valence-corrected chi connectivity index (χ0v) is 25.0. The van der Waals surface area contributed by atoms with Crippen LogP contribution in [0.2, 0.25) is 5.02 Å². The van der Waals surface area contributed by atoms with E-state index in [4.69, 9.17) is 16.3 Å². The average Bonchev–Trinajstić information content (AvgIpc) is 2.95. The summed E-state index contributed by atoms with van der Waals surface area (Å²) in [5.41, 5.74) is 3.40. The first-order valence-corrected chi connectivity index (χ1v) is 13.9. The van der Waals surface area contributed by atoms with Gasteiger partial charge in [0.15, 0.2) is 0 Å². The first-order chi connectivity index (χ1) is 19.5. The van der Waals surface area contributed by atoms with Crippen LogP contribution in [0, 0.1) is 5.82 Å². The average molecular weight is 581 g/mol. The fourth-order valence-corrected chi connectivity index (χ4v) is 5.46. The van der Waals surface area contributed by atoms with Crippen LogP contribution in [0.25, 0.3) is 22.3 Å². The first kappa shape index (κ1) is 30.4. The molecular formula is C32H38ClFN4O3. The summed E-state index contributed by atoms with van der Waals surface area (Å²) in [6.07, 6.45) is 3.98. The molecule has 0 aromatic heterocycles. The molecule has 3 aromatic carbocycles. The molecule has 1 aliphatic heterocycles. The Morgan fingerprint density at radius 3 is 2.24 bits per heavy atom. The second-order valence-electron chi connectivity index (χ2n) is 11.1. The number of halogens is 2. The Kier molecular flexibility index (Phi) is 9.58. The molecule has 41 heavy (non-hydrogen) atoms. The topological polar surface area (TPSA) is 59.5 Å². The SMILES string of the molecule is COCC(C)(C)N1CCN(c2cccc(-c3cc(F)cc(-c4ccc(N(C=O)/C=C\N(C)C)c(Cl)c4)c3O)c2)CC1. The van der Waals surface area contributed by atoms with Gasteiger partial charge >= 0.3 is 0 Å². The summed E-state index contributed by atoms with van der Waals surface area (Å²) >= 11 is 6.54. The smallest absolute Gasteiger partial charge is 0.218 e. The van der Waals surface area contributed by atoms with E-state index in [9.17, 15) is 14.3 Å². The molecule has 1 fully saturated rings. The van der Waals surface area contributed by atoms with E-state index in [1.165, 1.54) is 17.0 Å². The summed E-state index contributed by atoms with van der Waals surface area (Å²) in [6, 6.07) is 15.5. The minimum Gasteiger partial charge on any atom is -0.507 e. The van der Waals surface area contributed by atoms with Crippen LogP contribution in [-0.2, 0) is 9.53 Å². The van der Waals surface area contributed by atoms with Crippen LogP contribution in [0.5, 0.6) is 5.75 Å². The summed E-state index contributed by atoms with van der Waals surface area (Å²) in [7, 11) is 5.41. The molecule has 3 aromatic rings. The van der Waals surface area contributed by atoms with E-state index in [1.807, 2.05) is 38.4 Å². The predicted octanol–water partition coefficient (Wildman–Crippen LogP) is 6.06. The van der Waals surface area contributed by atoms with Gasteiger partial charge in [0, 0.05) is 82.1 Å². The van der Waals surface area contributed by atoms with Crippen molar-refractivity contribution in [1.29, 1.82) is 0 Å². The zero-order valence-electron chi connectivity index (χ0n) is 24.3. The van der Waals surface area contributed by atoms with Gasteiger partial charge < -0.3 is 19.6 Å². The molecule has 0 bridgehead atoms. The van der Waals surface area contributed by atoms with Gasteiger partial charge in [0.1, 0.15) is 11.6 Å². The molecular weight excluding hydrogens is 543 g/mol. The summed E-state index contributed by atoms with van der Waals surface area (Å²) in [6.45, 7) is 8.56. The van der Waals surface area contributed by atoms with Crippen molar-refractivity contribution in [1.82, 2.24) is 9.80 Å². The van der Waals surface area contributed by atoms with E-state index in [2.05, 4.69) is 23.6 Å². The summed E-state index contributed by atoms with van der Waals surface area (Å²) in [4.78, 5) is 19.5. The Morgan fingerprint density at radius 1 is 1.00 bits per heavy atom. The van der Waals surface area contributed by atoms with Crippen molar-refractivity contribution in [2.45, 2.75) is 19.4 Å². The highest BCUT2D eigenvalue weighted by Crippen LogP contribution is 2.41. The number of phenolic OH excluding ortho intramolecular Hbond substituents is 1. The minimum absolute atomic E-state index is 0.0397. The van der Waals surface area contributed by atoms with Crippen LogP contribution in [0.4, 0.5) is 15.8 Å². The number of nitrogens with zero attached hydrogens (tertiary/aromatic N) is 4. The Balaban J connectivity index is 1.61. The lowest BCUT2D eigenvalue weighted by Crippen LogP contribution is -2.56. The molecule has 1 saturated heterocycles. The van der Waals surface area contributed by atoms with Crippen molar-refractivity contribution in [2.24, 2.45) is 0 Å². The van der Waals surface area contributed by atoms with E-state index in [0.717, 1.165) is 31.9 Å². The monoisotopic (exact) mass is 580 g/mol. The molecule has 0 atom stereocenters. The van der Waals surface area contributed by atoms with E-state index in [-0.39, 0.29) is 16.3 Å². The van der Waals surface area contributed by atoms with Crippen molar-refractivity contribution >= 4 is 29.4 Å². The number of methoxy groups -OCH3 is 1. The van der Waals surface area contributed by atoms with Crippen molar-refractivity contribution < 1.29 is 19.0 Å². The number of aromatic hydroxyl groups is 1. The first-order valence-electron chi connectivity index (χ1n) is 13.5. The molecule has 4 rings (SSSR count). The molecule has 0 aliphatic carbocycles. The lowest BCUT2D eigenvalue weighted by molar-refractivity contribution is -0.106. The van der Waals surface area contributed by atoms with Crippen molar-refractivity contribution in [3.63, 3.8) is 0 Å². The van der Waals surface area contributed by atoms with Crippen LogP contribution in [0.3, 0.4) is 0 Å². The van der Waals surface area contributed by atoms with Gasteiger partial charge in [-0.3, -0.25) is 14.6 Å². The third kappa shape index (κ3) is 7.01. The van der Waals surface area contributed by atoms with Gasteiger partial charge in [0.05, 0.1) is 17.3 Å². The molecule has 7 nitrogen and oxygen atoms in total. The summed E-state index contributed by atoms with van der Waals surface area (Å²) < 4.78 is 20.4. The lowest BCUT2D eigenvalue weighted by Gasteiger charge is -2.44. The molecule has 0 radical (unpaired) electrons. The third-order valence-electron chi connectivity index (χ3n) is 7.41. The van der Waals surface area contributed by atoms with Crippen LogP contribution in [-0.4, -0.2) is 80.8 Å². The van der Waals surface area contributed by atoms with Crippen LogP contribution >= 0.6 is 11.6 Å². The number of piperazine rings is 1. The van der Waals surface area contributed by atoms with Gasteiger partial charge in [-0.05, 0) is 61.4 Å². The number of ether oxygens (including phenoxy) is 1. The molecule has 0 unspecified atom stereocenters. The van der Waals surface area contributed by atoms with Gasteiger partial charge in [0.2, 0.25) is 6.41 Å². The molecule has 9 heteroatoms. The maximum atomic E-state index is 15.0. The van der Waals surface area contributed by atoms with Gasteiger partial charge in [0.25, 0.3) is 0 Å². The van der Waals surface area contributed by atoms with Gasteiger partial charge in [-0.25, -0.2) is 4.39 Å². The predicted molar refractivity (Wildman–Crippen MR) is 165 cm³/mol. The molecule has 1 aliphatic rings. The number of benzene rings is 3. The number of amides is 1. The van der Waals surface area contributed by atoms with Crippen molar-refractivity contribution in [3.05, 3.63) is 77.8 Å². The van der Waals surface area contributed by atoms with Crippen molar-refractivity contribution in [2.75, 3.05) is 63.8 Å². The summed E-state index contributed by atoms with van der Waals surface area (Å²) in [5, 5.41) is 11.6. The van der Waals surface area contributed by atoms with E-state index >= 15 is 0 Å². The second-order valence-corrected chi connectivity index (χ2v) is 11.5. The highest BCUT2D eigenvalue weighted by molar-refractivity contribution is 6.34. The molecule has 1 N–H and O–H groups in total. The zero-order chi connectivity index (χ0) is 29.7. The largest absolute Gasteiger partial charge is 0.507 e. The maximum absolute atomic E-state index is 15.0. The highest BCUT2D eigenvalue weighted by atomic mass is 35.5. The van der Waals surface area contributed by atoms with E-state index in [1.54, 1.807) is 42.6 Å². The molecule has 1 amide bonds.